The normalized spacial score (nSPS) is 11.5. The van der Waals surface area contributed by atoms with Crippen LogP contribution in [0.3, 0.4) is 0 Å². The Morgan fingerprint density at radius 1 is 0.450 bits per heavy atom. The fraction of sp³-hybridized carbons (Fsp3) is 0. The van der Waals surface area contributed by atoms with Crippen LogP contribution >= 0.6 is 0 Å². The van der Waals surface area contributed by atoms with Crippen LogP contribution in [-0.2, 0) is 0 Å². The van der Waals surface area contributed by atoms with Crippen LogP contribution in [0.15, 0.2) is 140 Å². The van der Waals surface area contributed by atoms with Crippen molar-refractivity contribution in [3.63, 3.8) is 0 Å². The van der Waals surface area contributed by atoms with E-state index < -0.39 is 0 Å². The molecular formula is C37H23N3. The summed E-state index contributed by atoms with van der Waals surface area (Å²) >= 11 is 0. The first kappa shape index (κ1) is 22.4. The van der Waals surface area contributed by atoms with Crippen molar-refractivity contribution >= 4 is 49.3 Å². The van der Waals surface area contributed by atoms with Crippen LogP contribution in [0.2, 0.25) is 0 Å². The molecule has 0 aliphatic heterocycles. The minimum atomic E-state index is 0.641. The summed E-state index contributed by atoms with van der Waals surface area (Å²) in [5.74, 6) is 0. The summed E-state index contributed by atoms with van der Waals surface area (Å²) in [6.45, 7) is 7.84. The van der Waals surface area contributed by atoms with E-state index in [4.69, 9.17) is 6.57 Å². The molecule has 0 atom stereocenters. The summed E-state index contributed by atoms with van der Waals surface area (Å²) in [7, 11) is 0. The molecule has 2 heterocycles. The van der Waals surface area contributed by atoms with Crippen LogP contribution in [0.4, 0.5) is 5.69 Å². The molecule has 3 heteroatoms. The van der Waals surface area contributed by atoms with Crippen LogP contribution < -0.4 is 0 Å². The number of benzene rings is 6. The van der Waals surface area contributed by atoms with E-state index in [9.17, 15) is 0 Å². The molecule has 0 N–H and O–H groups in total. The van der Waals surface area contributed by atoms with E-state index in [-0.39, 0.29) is 0 Å². The number of nitrogens with zero attached hydrogens (tertiary/aromatic N) is 3. The minimum absolute atomic E-state index is 0.641. The summed E-state index contributed by atoms with van der Waals surface area (Å²) in [6, 6.07) is 48.9. The van der Waals surface area contributed by atoms with Gasteiger partial charge in [0.15, 0.2) is 0 Å². The molecule has 0 bridgehead atoms. The standard InChI is InChI=1S/C37H23N3/c1-38-31-20-7-10-23-34(31)40-33-22-9-6-16-30(33)36-27(17-12-24-35(36)40)29-19-11-18-28-26-15-5-8-21-32(26)39(37(28)29)25-13-3-2-4-14-25/h2-24H. The highest BCUT2D eigenvalue weighted by Crippen LogP contribution is 2.44. The highest BCUT2D eigenvalue weighted by Gasteiger charge is 2.21. The van der Waals surface area contributed by atoms with E-state index in [0.717, 1.165) is 22.4 Å². The predicted octanol–water partition coefficient (Wildman–Crippen LogP) is 10.1. The second-order valence-corrected chi connectivity index (χ2v) is 10.0. The first-order valence-corrected chi connectivity index (χ1v) is 13.4. The second-order valence-electron chi connectivity index (χ2n) is 10.0. The van der Waals surface area contributed by atoms with Crippen LogP contribution in [0, 0.1) is 6.57 Å². The van der Waals surface area contributed by atoms with Gasteiger partial charge in [0.05, 0.1) is 34.3 Å². The molecule has 0 aliphatic carbocycles. The molecular weight excluding hydrogens is 486 g/mol. The second kappa shape index (κ2) is 8.73. The van der Waals surface area contributed by atoms with E-state index in [1.165, 1.54) is 43.7 Å². The third-order valence-electron chi connectivity index (χ3n) is 7.94. The van der Waals surface area contributed by atoms with Gasteiger partial charge in [-0.1, -0.05) is 103 Å². The van der Waals surface area contributed by atoms with E-state index in [0.29, 0.717) is 5.69 Å². The Hall–Kier alpha value is -5.59. The summed E-state index contributed by atoms with van der Waals surface area (Å²) in [6.07, 6.45) is 0. The average molecular weight is 510 g/mol. The van der Waals surface area contributed by atoms with Crippen molar-refractivity contribution in [1.29, 1.82) is 0 Å². The van der Waals surface area contributed by atoms with Gasteiger partial charge in [-0.25, -0.2) is 4.85 Å². The number of fused-ring (bicyclic) bond motifs is 6. The molecule has 0 saturated heterocycles. The molecule has 6 aromatic carbocycles. The summed E-state index contributed by atoms with van der Waals surface area (Å²) < 4.78 is 4.64. The van der Waals surface area contributed by atoms with Crippen molar-refractivity contribution in [2.45, 2.75) is 0 Å². The van der Waals surface area contributed by atoms with Crippen molar-refractivity contribution < 1.29 is 0 Å². The van der Waals surface area contributed by atoms with E-state index in [2.05, 4.69) is 129 Å². The van der Waals surface area contributed by atoms with Gasteiger partial charge >= 0.3 is 0 Å². The molecule has 0 saturated carbocycles. The highest BCUT2D eigenvalue weighted by molar-refractivity contribution is 6.20. The third-order valence-corrected chi connectivity index (χ3v) is 7.94. The zero-order valence-electron chi connectivity index (χ0n) is 21.6. The van der Waals surface area contributed by atoms with Crippen LogP contribution in [0.25, 0.3) is 71.0 Å². The summed E-state index contributed by atoms with van der Waals surface area (Å²) in [5, 5.41) is 4.84. The number of rotatable bonds is 3. The average Bonchev–Trinajstić information content (AvgIpc) is 3.55. The van der Waals surface area contributed by atoms with Gasteiger partial charge in [-0.05, 0) is 42.0 Å². The Bertz CT molecular complexity index is 2280. The van der Waals surface area contributed by atoms with Gasteiger partial charge < -0.3 is 9.13 Å². The Morgan fingerprint density at radius 3 is 1.88 bits per heavy atom. The number of para-hydroxylation sites is 6. The molecule has 186 valence electrons. The van der Waals surface area contributed by atoms with Crippen molar-refractivity contribution in [3.8, 4) is 22.5 Å². The Kier molecular flexibility index (Phi) is 4.89. The van der Waals surface area contributed by atoms with Gasteiger partial charge in [0, 0.05) is 32.8 Å². The maximum absolute atomic E-state index is 7.84. The van der Waals surface area contributed by atoms with E-state index >= 15 is 0 Å². The Balaban J connectivity index is 1.55. The molecule has 8 rings (SSSR count). The largest absolute Gasteiger partial charge is 0.319 e. The van der Waals surface area contributed by atoms with Gasteiger partial charge in [0.1, 0.15) is 0 Å². The molecule has 0 amide bonds. The lowest BCUT2D eigenvalue weighted by Crippen LogP contribution is -1.96. The number of hydrogen-bond donors (Lipinski definition) is 0. The molecule has 0 unspecified atom stereocenters. The maximum Gasteiger partial charge on any atom is 0.210 e. The molecule has 3 nitrogen and oxygen atoms in total. The zero-order valence-corrected chi connectivity index (χ0v) is 21.6. The lowest BCUT2D eigenvalue weighted by molar-refractivity contribution is 1.18. The summed E-state index contributed by atoms with van der Waals surface area (Å²) in [4.78, 5) is 3.86. The lowest BCUT2D eigenvalue weighted by atomic mass is 9.97. The van der Waals surface area contributed by atoms with Gasteiger partial charge in [-0.15, -0.1) is 0 Å². The van der Waals surface area contributed by atoms with E-state index in [1.54, 1.807) is 0 Å². The quantitative estimate of drug-likeness (QED) is 0.210. The maximum atomic E-state index is 7.84. The minimum Gasteiger partial charge on any atom is -0.319 e. The van der Waals surface area contributed by atoms with Crippen molar-refractivity contribution in [1.82, 2.24) is 9.13 Å². The molecule has 0 fully saturated rings. The number of aromatic nitrogens is 2. The van der Waals surface area contributed by atoms with Gasteiger partial charge in [0.25, 0.3) is 0 Å². The van der Waals surface area contributed by atoms with Crippen molar-refractivity contribution in [2.24, 2.45) is 0 Å². The fourth-order valence-corrected chi connectivity index (χ4v) is 6.33. The first-order chi connectivity index (χ1) is 19.8. The van der Waals surface area contributed by atoms with Gasteiger partial charge in [0.2, 0.25) is 5.69 Å². The third kappa shape index (κ3) is 3.11. The molecule has 8 aromatic rings. The van der Waals surface area contributed by atoms with E-state index in [1.807, 2.05) is 24.3 Å². The fourth-order valence-electron chi connectivity index (χ4n) is 6.33. The number of hydrogen-bond acceptors (Lipinski definition) is 0. The molecule has 2 aromatic heterocycles. The van der Waals surface area contributed by atoms with Crippen LogP contribution in [0.1, 0.15) is 0 Å². The predicted molar refractivity (Wildman–Crippen MR) is 167 cm³/mol. The first-order valence-electron chi connectivity index (χ1n) is 13.4. The topological polar surface area (TPSA) is 14.2 Å². The Morgan fingerprint density at radius 2 is 1.05 bits per heavy atom. The lowest BCUT2D eigenvalue weighted by Gasteiger charge is -2.13. The van der Waals surface area contributed by atoms with Crippen molar-refractivity contribution in [3.05, 3.63) is 151 Å². The van der Waals surface area contributed by atoms with Crippen LogP contribution in [-0.4, -0.2) is 9.13 Å². The van der Waals surface area contributed by atoms with Crippen LogP contribution in [0.5, 0.6) is 0 Å². The molecule has 40 heavy (non-hydrogen) atoms. The summed E-state index contributed by atoms with van der Waals surface area (Å²) in [5.41, 5.74) is 9.62. The monoisotopic (exact) mass is 509 g/mol. The SMILES string of the molecule is [C-]#[N+]c1ccccc1-n1c2ccccc2c2c(-c3cccc4c5ccccc5n(-c5ccccc5)c34)cccc21. The van der Waals surface area contributed by atoms with Crippen molar-refractivity contribution in [2.75, 3.05) is 0 Å². The Labute approximate surface area is 231 Å². The molecule has 0 radical (unpaired) electrons. The molecule has 0 spiro atoms. The highest BCUT2D eigenvalue weighted by atomic mass is 15.0. The zero-order chi connectivity index (χ0) is 26.6. The smallest absolute Gasteiger partial charge is 0.210 e. The molecule has 0 aliphatic rings. The van der Waals surface area contributed by atoms with Gasteiger partial charge in [-0.2, -0.15) is 0 Å². The van der Waals surface area contributed by atoms with Gasteiger partial charge in [-0.3, -0.25) is 0 Å².